The Morgan fingerprint density at radius 3 is 1.10 bits per heavy atom. The Labute approximate surface area is 419 Å². The number of hydrogen-bond donors (Lipinski definition) is 0. The zero-order valence-electron chi connectivity index (χ0n) is 44.1. The normalized spacial score (nSPS) is 13.3. The molecule has 0 aliphatic carbocycles. The fourth-order valence-electron chi connectivity index (χ4n) is 7.10. The van der Waals surface area contributed by atoms with Gasteiger partial charge in [0.05, 0.1) is 6.61 Å². The Morgan fingerprint density at radius 1 is 0.338 bits per heavy atom. The maximum Gasteiger partial charge on any atom is 0.306 e. The van der Waals surface area contributed by atoms with Crippen molar-refractivity contribution in [1.29, 1.82) is 0 Å². The zero-order valence-corrected chi connectivity index (χ0v) is 44.1. The van der Waals surface area contributed by atoms with Crippen LogP contribution in [0.3, 0.4) is 0 Å². The fourth-order valence-corrected chi connectivity index (χ4v) is 7.10. The van der Waals surface area contributed by atoms with Crippen molar-refractivity contribution in [3.63, 3.8) is 0 Å². The monoisotopic (exact) mass is 939 g/mol. The third-order valence-corrected chi connectivity index (χ3v) is 11.2. The van der Waals surface area contributed by atoms with Crippen LogP contribution in [0.15, 0.2) is 134 Å². The number of allylic oxidation sites excluding steroid dienone is 22. The van der Waals surface area contributed by atoms with E-state index in [1.807, 2.05) is 0 Å². The highest BCUT2D eigenvalue weighted by Gasteiger charge is 2.17. The molecular weight excluding hydrogens is 837 g/mol. The summed E-state index contributed by atoms with van der Waals surface area (Å²) in [6.45, 7) is 7.46. The molecule has 0 rings (SSSR count). The molecule has 1 atom stereocenters. The number of esters is 2. The van der Waals surface area contributed by atoms with Crippen molar-refractivity contribution in [3.05, 3.63) is 134 Å². The van der Waals surface area contributed by atoms with E-state index < -0.39 is 6.10 Å². The maximum absolute atomic E-state index is 12.9. The van der Waals surface area contributed by atoms with E-state index in [2.05, 4.69) is 154 Å². The topological polar surface area (TPSA) is 61.8 Å². The van der Waals surface area contributed by atoms with Crippen LogP contribution in [0.4, 0.5) is 0 Å². The molecule has 0 spiro atoms. The van der Waals surface area contributed by atoms with E-state index >= 15 is 0 Å². The molecule has 0 heterocycles. The van der Waals surface area contributed by atoms with E-state index in [1.54, 1.807) is 0 Å². The molecule has 68 heavy (non-hydrogen) atoms. The largest absolute Gasteiger partial charge is 0.462 e. The lowest BCUT2D eigenvalue weighted by molar-refractivity contribution is -0.163. The lowest BCUT2D eigenvalue weighted by atomic mass is 10.1. The van der Waals surface area contributed by atoms with Crippen molar-refractivity contribution in [2.45, 2.75) is 232 Å². The summed E-state index contributed by atoms with van der Waals surface area (Å²) in [6.07, 6.45) is 81.8. The molecule has 0 aromatic carbocycles. The first-order chi connectivity index (χ1) is 33.6. The molecule has 0 aromatic rings. The maximum atomic E-state index is 12.9. The number of rotatable bonds is 49. The number of ether oxygens (including phenoxy) is 3. The Balaban J connectivity index is 4.45. The van der Waals surface area contributed by atoms with E-state index in [9.17, 15) is 9.59 Å². The third-order valence-electron chi connectivity index (χ3n) is 11.2. The molecule has 5 heteroatoms. The van der Waals surface area contributed by atoms with Gasteiger partial charge in [-0.3, -0.25) is 9.59 Å². The summed E-state index contributed by atoms with van der Waals surface area (Å²) in [5.41, 5.74) is 0. The van der Waals surface area contributed by atoms with Gasteiger partial charge in [0.1, 0.15) is 6.61 Å². The highest BCUT2D eigenvalue weighted by atomic mass is 16.6. The van der Waals surface area contributed by atoms with Crippen molar-refractivity contribution >= 4 is 11.9 Å². The minimum Gasteiger partial charge on any atom is -0.462 e. The van der Waals surface area contributed by atoms with Gasteiger partial charge >= 0.3 is 11.9 Å². The third kappa shape index (κ3) is 54.6. The van der Waals surface area contributed by atoms with Gasteiger partial charge in [0, 0.05) is 19.4 Å². The molecular formula is C63H102O5. The number of unbranched alkanes of at least 4 members (excludes halogenated alkanes) is 16. The van der Waals surface area contributed by atoms with Gasteiger partial charge in [-0.1, -0.05) is 219 Å². The Kier molecular flexibility index (Phi) is 54.0. The van der Waals surface area contributed by atoms with Crippen molar-refractivity contribution < 1.29 is 23.8 Å². The predicted octanol–water partition coefficient (Wildman–Crippen LogP) is 19.1. The number of carbonyl (C=O) groups is 2. The number of hydrogen-bond acceptors (Lipinski definition) is 5. The molecule has 0 amide bonds. The summed E-state index contributed by atoms with van der Waals surface area (Å²) < 4.78 is 17.4. The summed E-state index contributed by atoms with van der Waals surface area (Å²) in [4.78, 5) is 25.5. The minimum atomic E-state index is -0.584. The van der Waals surface area contributed by atoms with Crippen LogP contribution in [0.5, 0.6) is 0 Å². The van der Waals surface area contributed by atoms with E-state index in [0.717, 1.165) is 122 Å². The minimum absolute atomic E-state index is 0.0362. The van der Waals surface area contributed by atoms with Crippen LogP contribution in [0.25, 0.3) is 0 Å². The van der Waals surface area contributed by atoms with Crippen LogP contribution in [0, 0.1) is 0 Å². The summed E-state index contributed by atoms with van der Waals surface area (Å²) in [5.74, 6) is -0.492. The molecule has 0 saturated carbocycles. The first kappa shape index (κ1) is 64.0. The quantitative estimate of drug-likeness (QED) is 0.0345. The van der Waals surface area contributed by atoms with Gasteiger partial charge in [-0.25, -0.2) is 0 Å². The highest BCUT2D eigenvalue weighted by molar-refractivity contribution is 5.70. The van der Waals surface area contributed by atoms with Crippen LogP contribution in [0.1, 0.15) is 226 Å². The van der Waals surface area contributed by atoms with E-state index in [0.29, 0.717) is 19.4 Å². The first-order valence-corrected chi connectivity index (χ1v) is 27.7. The van der Waals surface area contributed by atoms with Crippen molar-refractivity contribution in [2.75, 3.05) is 19.8 Å². The molecule has 0 aromatic heterocycles. The zero-order chi connectivity index (χ0) is 49.2. The van der Waals surface area contributed by atoms with E-state index in [4.69, 9.17) is 14.2 Å². The molecule has 0 saturated heterocycles. The lowest BCUT2D eigenvalue weighted by Crippen LogP contribution is -2.30. The molecule has 0 fully saturated rings. The summed E-state index contributed by atoms with van der Waals surface area (Å²) >= 11 is 0. The molecule has 0 aliphatic rings. The Morgan fingerprint density at radius 2 is 0.676 bits per heavy atom. The average Bonchev–Trinajstić information content (AvgIpc) is 3.34. The second kappa shape index (κ2) is 57.4. The van der Waals surface area contributed by atoms with E-state index in [-0.39, 0.29) is 25.2 Å². The molecule has 0 bridgehead atoms. The second-order valence-electron chi connectivity index (χ2n) is 17.7. The lowest BCUT2D eigenvalue weighted by Gasteiger charge is -2.18. The van der Waals surface area contributed by atoms with Crippen molar-refractivity contribution in [3.8, 4) is 0 Å². The fraction of sp³-hybridized carbons (Fsp3) is 0.619. The molecule has 384 valence electrons. The van der Waals surface area contributed by atoms with Crippen LogP contribution < -0.4 is 0 Å². The Bertz CT molecular complexity index is 1430. The van der Waals surface area contributed by atoms with Gasteiger partial charge < -0.3 is 14.2 Å². The Hall–Kier alpha value is -3.96. The molecule has 0 radical (unpaired) electrons. The smallest absolute Gasteiger partial charge is 0.306 e. The summed E-state index contributed by atoms with van der Waals surface area (Å²) in [5, 5.41) is 0. The summed E-state index contributed by atoms with van der Waals surface area (Å²) in [6, 6.07) is 0. The van der Waals surface area contributed by atoms with Gasteiger partial charge in [0.15, 0.2) is 6.10 Å². The molecule has 1 unspecified atom stereocenters. The standard InChI is InChI=1S/C63H102O5/c1-4-7-10-13-16-19-22-25-28-31-34-37-40-43-46-49-52-55-58-66-59-61(68-63(65)57-54-51-48-45-42-39-36-33-30-27-24-21-18-15-12-9-6-3)60-67-62(64)56-53-50-47-44-41-38-35-32-29-26-23-20-17-14-11-8-5-2/h7-8,10-11,16-21,25-30,34-35,37-38,44,47,61H,4-6,9,12-15,22-24,31-33,36,39-43,45-46,48-60H2,1-3H3/b10-7-,11-8-,19-16-,20-17-,21-18-,28-25-,29-26-,30-27-,37-34-,38-35-,47-44-. The van der Waals surface area contributed by atoms with Gasteiger partial charge in [-0.2, -0.15) is 0 Å². The van der Waals surface area contributed by atoms with Crippen molar-refractivity contribution in [1.82, 2.24) is 0 Å². The van der Waals surface area contributed by atoms with Gasteiger partial charge in [0.25, 0.3) is 0 Å². The average molecular weight is 940 g/mol. The van der Waals surface area contributed by atoms with E-state index in [1.165, 1.54) is 70.6 Å². The van der Waals surface area contributed by atoms with Crippen LogP contribution in [-0.4, -0.2) is 37.9 Å². The number of carbonyl (C=O) groups excluding carboxylic acids is 2. The second-order valence-corrected chi connectivity index (χ2v) is 17.7. The first-order valence-electron chi connectivity index (χ1n) is 27.7. The summed E-state index contributed by atoms with van der Waals surface area (Å²) in [7, 11) is 0. The van der Waals surface area contributed by atoms with Gasteiger partial charge in [-0.15, -0.1) is 0 Å². The highest BCUT2D eigenvalue weighted by Crippen LogP contribution is 2.13. The van der Waals surface area contributed by atoms with Crippen LogP contribution in [0.2, 0.25) is 0 Å². The molecule has 0 N–H and O–H groups in total. The predicted molar refractivity (Wildman–Crippen MR) is 297 cm³/mol. The van der Waals surface area contributed by atoms with Crippen molar-refractivity contribution in [2.24, 2.45) is 0 Å². The van der Waals surface area contributed by atoms with Gasteiger partial charge in [-0.05, 0) is 128 Å². The molecule has 5 nitrogen and oxygen atoms in total. The molecule has 0 aliphatic heterocycles. The SMILES string of the molecule is CC/C=C\C/C=C\C/C=C\C/C=C\C/C=C\CCCC(=O)OCC(COCCCCCCC/C=C\C/C=C\C/C=C\C/C=C\CC)OC(=O)CCCCCCCCC/C=C\C/C=C\CCCCC. The van der Waals surface area contributed by atoms with Crippen LogP contribution in [-0.2, 0) is 23.8 Å². The van der Waals surface area contributed by atoms with Gasteiger partial charge in [0.2, 0.25) is 0 Å². The van der Waals surface area contributed by atoms with Crippen LogP contribution >= 0.6 is 0 Å².